The molecule has 2 aromatic rings. The predicted octanol–water partition coefficient (Wildman–Crippen LogP) is 1.82. The second kappa shape index (κ2) is 10.1. The standard InChI is InChI=1S/C23H29N3O6S/c1-17-11-18(2)13-19(12-17)26(15-23(28)25-9-7-24(16-27)8-10-25)33(29,30)20-5-6-21(31-3)22(14-20)32-4/h5-6,11-14,16H,7-10,15H2,1-4H3. The molecular weight excluding hydrogens is 446 g/mol. The topological polar surface area (TPSA) is 96.5 Å². The third-order valence-electron chi connectivity index (χ3n) is 5.53. The zero-order valence-corrected chi connectivity index (χ0v) is 20.1. The molecule has 1 saturated heterocycles. The van der Waals surface area contributed by atoms with Crippen LogP contribution in [0.25, 0.3) is 0 Å². The summed E-state index contributed by atoms with van der Waals surface area (Å²) in [5.74, 6) is 0.345. The third-order valence-corrected chi connectivity index (χ3v) is 7.30. The zero-order valence-electron chi connectivity index (χ0n) is 19.3. The van der Waals surface area contributed by atoms with Gasteiger partial charge in [0.25, 0.3) is 10.0 Å². The minimum atomic E-state index is -4.11. The number of ether oxygens (including phenoxy) is 2. The van der Waals surface area contributed by atoms with Crippen molar-refractivity contribution in [3.63, 3.8) is 0 Å². The summed E-state index contributed by atoms with van der Waals surface area (Å²) in [6.07, 6.45) is 0.755. The number of nitrogens with zero attached hydrogens (tertiary/aromatic N) is 3. The van der Waals surface area contributed by atoms with Gasteiger partial charge in [0.05, 0.1) is 24.8 Å². The van der Waals surface area contributed by atoms with Gasteiger partial charge in [-0.1, -0.05) is 6.07 Å². The normalized spacial score (nSPS) is 14.1. The summed E-state index contributed by atoms with van der Waals surface area (Å²) in [7, 11) is -1.21. The number of benzene rings is 2. The van der Waals surface area contributed by atoms with E-state index in [4.69, 9.17) is 9.47 Å². The number of amides is 2. The van der Waals surface area contributed by atoms with Crippen LogP contribution in [0.1, 0.15) is 11.1 Å². The largest absolute Gasteiger partial charge is 0.493 e. The van der Waals surface area contributed by atoms with Crippen LogP contribution in [0.5, 0.6) is 11.5 Å². The Kier molecular flexibility index (Phi) is 7.47. The van der Waals surface area contributed by atoms with Crippen LogP contribution >= 0.6 is 0 Å². The van der Waals surface area contributed by atoms with E-state index in [0.717, 1.165) is 21.8 Å². The number of rotatable bonds is 8. The number of methoxy groups -OCH3 is 2. The highest BCUT2D eigenvalue weighted by atomic mass is 32.2. The highest BCUT2D eigenvalue weighted by Gasteiger charge is 2.31. The lowest BCUT2D eigenvalue weighted by Gasteiger charge is -2.34. The molecule has 2 amide bonds. The van der Waals surface area contributed by atoms with E-state index in [2.05, 4.69) is 0 Å². The Bertz CT molecular complexity index is 1110. The molecule has 10 heteroatoms. The monoisotopic (exact) mass is 475 g/mol. The van der Waals surface area contributed by atoms with Gasteiger partial charge < -0.3 is 19.3 Å². The van der Waals surface area contributed by atoms with E-state index in [1.807, 2.05) is 19.9 Å². The molecule has 1 heterocycles. The van der Waals surface area contributed by atoms with Gasteiger partial charge in [-0.15, -0.1) is 0 Å². The molecule has 1 aliphatic heterocycles. The Balaban J connectivity index is 2.00. The van der Waals surface area contributed by atoms with Gasteiger partial charge in [-0.3, -0.25) is 13.9 Å². The van der Waals surface area contributed by atoms with Crippen molar-refractivity contribution < 1.29 is 27.5 Å². The first-order chi connectivity index (χ1) is 15.7. The van der Waals surface area contributed by atoms with Crippen molar-refractivity contribution in [3.8, 4) is 11.5 Å². The molecular formula is C23H29N3O6S. The van der Waals surface area contributed by atoms with Gasteiger partial charge in [0.15, 0.2) is 11.5 Å². The Morgan fingerprint density at radius 2 is 1.58 bits per heavy atom. The van der Waals surface area contributed by atoms with E-state index in [-0.39, 0.29) is 23.1 Å². The Morgan fingerprint density at radius 3 is 2.12 bits per heavy atom. The van der Waals surface area contributed by atoms with Crippen LogP contribution < -0.4 is 13.8 Å². The fraction of sp³-hybridized carbons (Fsp3) is 0.391. The highest BCUT2D eigenvalue weighted by molar-refractivity contribution is 7.92. The lowest BCUT2D eigenvalue weighted by molar-refractivity contribution is -0.133. The first kappa shape index (κ1) is 24.4. The van der Waals surface area contributed by atoms with Gasteiger partial charge in [0.1, 0.15) is 6.54 Å². The van der Waals surface area contributed by atoms with Gasteiger partial charge >= 0.3 is 0 Å². The maximum absolute atomic E-state index is 13.7. The average molecular weight is 476 g/mol. The van der Waals surface area contributed by atoms with Crippen LogP contribution in [-0.2, 0) is 19.6 Å². The van der Waals surface area contributed by atoms with E-state index < -0.39 is 10.0 Å². The Hall–Kier alpha value is -3.27. The zero-order chi connectivity index (χ0) is 24.2. The lowest BCUT2D eigenvalue weighted by atomic mass is 10.1. The maximum atomic E-state index is 13.7. The van der Waals surface area contributed by atoms with Crippen molar-refractivity contribution in [2.24, 2.45) is 0 Å². The molecule has 0 aromatic heterocycles. The van der Waals surface area contributed by atoms with Gasteiger partial charge in [-0.05, 0) is 49.2 Å². The van der Waals surface area contributed by atoms with E-state index in [0.29, 0.717) is 37.6 Å². The number of sulfonamides is 1. The summed E-state index contributed by atoms with van der Waals surface area (Å²) in [6, 6.07) is 9.75. The van der Waals surface area contributed by atoms with Crippen LogP contribution in [0.4, 0.5) is 5.69 Å². The van der Waals surface area contributed by atoms with Crippen molar-refractivity contribution in [1.29, 1.82) is 0 Å². The van der Waals surface area contributed by atoms with Crippen molar-refractivity contribution in [2.75, 3.05) is 51.2 Å². The van der Waals surface area contributed by atoms with Crippen molar-refractivity contribution in [3.05, 3.63) is 47.5 Å². The first-order valence-electron chi connectivity index (χ1n) is 10.5. The van der Waals surface area contributed by atoms with Crippen molar-refractivity contribution in [1.82, 2.24) is 9.80 Å². The average Bonchev–Trinajstić information content (AvgIpc) is 2.81. The summed E-state index contributed by atoms with van der Waals surface area (Å²) in [4.78, 5) is 27.2. The second-order valence-corrected chi connectivity index (χ2v) is 9.76. The minimum absolute atomic E-state index is 0.0158. The van der Waals surface area contributed by atoms with E-state index in [9.17, 15) is 18.0 Å². The predicted molar refractivity (Wildman–Crippen MR) is 124 cm³/mol. The SMILES string of the molecule is COc1ccc(S(=O)(=O)N(CC(=O)N2CCN(C=O)CC2)c2cc(C)cc(C)c2)cc1OC. The molecule has 9 nitrogen and oxygen atoms in total. The van der Waals surface area contributed by atoms with Crippen molar-refractivity contribution in [2.45, 2.75) is 18.7 Å². The summed E-state index contributed by atoms with van der Waals surface area (Å²) >= 11 is 0. The fourth-order valence-corrected chi connectivity index (χ4v) is 5.23. The molecule has 0 saturated carbocycles. The minimum Gasteiger partial charge on any atom is -0.493 e. The van der Waals surface area contributed by atoms with Gasteiger partial charge in [-0.2, -0.15) is 0 Å². The summed E-state index contributed by atoms with van der Waals surface area (Å²) < 4.78 is 39.1. The van der Waals surface area contributed by atoms with Crippen LogP contribution in [0.2, 0.25) is 0 Å². The third kappa shape index (κ3) is 5.39. The molecule has 0 aliphatic carbocycles. The smallest absolute Gasteiger partial charge is 0.264 e. The van der Waals surface area contributed by atoms with E-state index in [1.165, 1.54) is 32.4 Å². The molecule has 3 rings (SSSR count). The van der Waals surface area contributed by atoms with Crippen LogP contribution in [0.3, 0.4) is 0 Å². The number of hydrogen-bond donors (Lipinski definition) is 0. The fourth-order valence-electron chi connectivity index (χ4n) is 3.81. The van der Waals surface area contributed by atoms with Crippen molar-refractivity contribution >= 4 is 28.0 Å². The molecule has 0 unspecified atom stereocenters. The molecule has 33 heavy (non-hydrogen) atoms. The van der Waals surface area contributed by atoms with Gasteiger partial charge in [-0.25, -0.2) is 8.42 Å². The number of hydrogen-bond acceptors (Lipinski definition) is 6. The molecule has 1 fully saturated rings. The quantitative estimate of drug-likeness (QED) is 0.541. The van der Waals surface area contributed by atoms with Crippen LogP contribution in [0.15, 0.2) is 41.3 Å². The highest BCUT2D eigenvalue weighted by Crippen LogP contribution is 2.32. The van der Waals surface area contributed by atoms with Gasteiger partial charge in [0.2, 0.25) is 12.3 Å². The number of aryl methyl sites for hydroxylation is 2. The maximum Gasteiger partial charge on any atom is 0.264 e. The van der Waals surface area contributed by atoms with Crippen LogP contribution in [0, 0.1) is 13.8 Å². The first-order valence-corrected chi connectivity index (χ1v) is 11.9. The molecule has 178 valence electrons. The molecule has 0 bridgehead atoms. The molecule has 1 aliphatic rings. The molecule has 0 spiro atoms. The molecule has 0 radical (unpaired) electrons. The number of carbonyl (C=O) groups is 2. The van der Waals surface area contributed by atoms with E-state index >= 15 is 0 Å². The Morgan fingerprint density at radius 1 is 0.970 bits per heavy atom. The number of carbonyl (C=O) groups excluding carboxylic acids is 2. The summed E-state index contributed by atoms with van der Waals surface area (Å²) in [5.41, 5.74) is 2.16. The molecule has 0 atom stereocenters. The van der Waals surface area contributed by atoms with Gasteiger partial charge in [0, 0.05) is 32.2 Å². The second-order valence-electron chi connectivity index (χ2n) is 7.90. The number of anilines is 1. The summed E-state index contributed by atoms with van der Waals surface area (Å²) in [6.45, 7) is 4.93. The lowest BCUT2D eigenvalue weighted by Crippen LogP contribution is -2.51. The van der Waals surface area contributed by atoms with E-state index in [1.54, 1.807) is 21.9 Å². The number of piperazine rings is 1. The molecule has 0 N–H and O–H groups in total. The van der Waals surface area contributed by atoms with Crippen LogP contribution in [-0.4, -0.2) is 77.5 Å². The molecule has 2 aromatic carbocycles. The summed E-state index contributed by atoms with van der Waals surface area (Å²) in [5, 5.41) is 0. The Labute approximate surface area is 194 Å².